The van der Waals surface area contributed by atoms with E-state index in [-0.39, 0.29) is 11.4 Å². The van der Waals surface area contributed by atoms with Crippen LogP contribution in [-0.4, -0.2) is 35.2 Å². The van der Waals surface area contributed by atoms with Crippen molar-refractivity contribution in [1.82, 2.24) is 4.98 Å². The maximum atomic E-state index is 11.3. The number of esters is 1. The number of nitrogens with zero attached hydrogens (tertiary/aromatic N) is 2. The summed E-state index contributed by atoms with van der Waals surface area (Å²) in [5.74, 6) is -0.727. The fraction of sp³-hybridized carbons (Fsp3) is 0.154. The summed E-state index contributed by atoms with van der Waals surface area (Å²) >= 11 is 3.53. The second-order valence-corrected chi connectivity index (χ2v) is 3.33. The maximum absolute atomic E-state index is 11.3. The number of carbonyl (C=O) groups excluding carboxylic acids is 1. The molecule has 0 aliphatic carbocycles. The number of fused-ring (bicyclic) bond motifs is 1. The van der Waals surface area contributed by atoms with E-state index in [0.29, 0.717) is 0 Å². The van der Waals surface area contributed by atoms with Gasteiger partial charge >= 0.3 is 5.97 Å². The van der Waals surface area contributed by atoms with Crippen LogP contribution in [0.2, 0.25) is 0 Å². The lowest BCUT2D eigenvalue weighted by atomic mass is 10.1. The van der Waals surface area contributed by atoms with Crippen molar-refractivity contribution in [2.75, 3.05) is 13.4 Å². The molecule has 0 spiro atoms. The predicted octanol–water partition coefficient (Wildman–Crippen LogP) is 2.13. The molecule has 5 nitrogen and oxygen atoms in total. The van der Waals surface area contributed by atoms with E-state index in [4.69, 9.17) is 5.21 Å². The van der Waals surface area contributed by atoms with E-state index in [0.717, 1.165) is 10.9 Å². The van der Waals surface area contributed by atoms with Gasteiger partial charge in [-0.2, -0.15) is 12.6 Å². The average molecular weight is 278 g/mol. The summed E-state index contributed by atoms with van der Waals surface area (Å²) < 4.78 is 4.50. The Morgan fingerprint density at radius 1 is 1.26 bits per heavy atom. The number of rotatable bonds is 2. The molecule has 0 fully saturated rings. The van der Waals surface area contributed by atoms with Crippen molar-refractivity contribution in [2.24, 2.45) is 5.16 Å². The Morgan fingerprint density at radius 2 is 1.95 bits per heavy atom. The molecule has 0 atom stereocenters. The first-order valence-corrected chi connectivity index (χ1v) is 6.27. The number of aromatic nitrogens is 1. The molecular formula is C13H14N2O3S. The van der Waals surface area contributed by atoms with Gasteiger partial charge < -0.3 is 9.94 Å². The minimum Gasteiger partial charge on any atom is -0.464 e. The molecule has 1 aromatic carbocycles. The Balaban J connectivity index is 0.000000861. The van der Waals surface area contributed by atoms with Crippen LogP contribution in [0.1, 0.15) is 5.69 Å². The van der Waals surface area contributed by atoms with Gasteiger partial charge in [-0.3, -0.25) is 0 Å². The number of oxime groups is 1. The second-order valence-electron chi connectivity index (χ2n) is 3.33. The first-order chi connectivity index (χ1) is 9.26. The number of methoxy groups -OCH3 is 1. The average Bonchev–Trinajstić information content (AvgIpc) is 2.49. The maximum Gasteiger partial charge on any atom is 0.362 e. The van der Waals surface area contributed by atoms with E-state index in [2.05, 4.69) is 27.5 Å². The highest BCUT2D eigenvalue weighted by molar-refractivity contribution is 7.79. The molecule has 1 heterocycles. The van der Waals surface area contributed by atoms with Crippen LogP contribution >= 0.6 is 12.6 Å². The molecule has 6 heteroatoms. The monoisotopic (exact) mass is 278 g/mol. The minimum atomic E-state index is -0.727. The Labute approximate surface area is 116 Å². The van der Waals surface area contributed by atoms with Gasteiger partial charge in [0.1, 0.15) is 5.69 Å². The Bertz CT molecular complexity index is 599. The summed E-state index contributed by atoms with van der Waals surface area (Å²) in [6, 6.07) is 10.9. The molecule has 0 aliphatic heterocycles. The van der Waals surface area contributed by atoms with Crippen LogP contribution in [0.4, 0.5) is 0 Å². The zero-order valence-corrected chi connectivity index (χ0v) is 11.5. The number of para-hydroxylation sites is 1. The zero-order valence-electron chi connectivity index (χ0n) is 10.6. The summed E-state index contributed by atoms with van der Waals surface area (Å²) in [4.78, 5) is 15.6. The van der Waals surface area contributed by atoms with E-state index in [1.54, 1.807) is 18.4 Å². The predicted molar refractivity (Wildman–Crippen MR) is 77.0 cm³/mol. The molecule has 1 aromatic heterocycles. The molecule has 1 N–H and O–H groups in total. The third-order valence-corrected chi connectivity index (χ3v) is 2.32. The molecule has 2 rings (SSSR count). The van der Waals surface area contributed by atoms with Crippen LogP contribution in [0.3, 0.4) is 0 Å². The molecule has 0 saturated heterocycles. The molecule has 0 aliphatic rings. The van der Waals surface area contributed by atoms with Crippen LogP contribution < -0.4 is 0 Å². The first-order valence-electron chi connectivity index (χ1n) is 5.37. The van der Waals surface area contributed by atoms with Crippen LogP contribution in [-0.2, 0) is 9.53 Å². The molecule has 0 amide bonds. The van der Waals surface area contributed by atoms with Gasteiger partial charge in [0.2, 0.25) is 5.71 Å². The third-order valence-electron chi connectivity index (χ3n) is 2.32. The summed E-state index contributed by atoms with van der Waals surface area (Å²) in [5, 5.41) is 12.7. The standard InChI is InChI=1S/C12H10N2O3.CH4S/c1-17-12(15)11(14-16)10-7-6-8-4-2-3-5-9(8)13-10;1-2/h2-7,16H,1H3;2H,1H3/b14-11-;. The van der Waals surface area contributed by atoms with Gasteiger partial charge in [0.15, 0.2) is 0 Å². The number of hydrogen-bond acceptors (Lipinski definition) is 6. The van der Waals surface area contributed by atoms with Crippen molar-refractivity contribution in [3.8, 4) is 0 Å². The number of pyridine rings is 1. The lowest BCUT2D eigenvalue weighted by Gasteiger charge is -2.03. The molecular weight excluding hydrogens is 264 g/mol. The number of thiol groups is 1. The molecule has 19 heavy (non-hydrogen) atoms. The van der Waals surface area contributed by atoms with Gasteiger partial charge in [-0.1, -0.05) is 29.4 Å². The highest BCUT2D eigenvalue weighted by atomic mass is 32.1. The van der Waals surface area contributed by atoms with Gasteiger partial charge in [0, 0.05) is 5.39 Å². The summed E-state index contributed by atoms with van der Waals surface area (Å²) in [6.45, 7) is 0. The van der Waals surface area contributed by atoms with Crippen LogP contribution in [0.15, 0.2) is 41.6 Å². The van der Waals surface area contributed by atoms with E-state index in [9.17, 15) is 4.79 Å². The normalized spacial score (nSPS) is 10.6. The molecule has 2 aromatic rings. The van der Waals surface area contributed by atoms with Gasteiger partial charge in [-0.15, -0.1) is 0 Å². The Kier molecular flexibility index (Phi) is 5.81. The second kappa shape index (κ2) is 7.38. The molecule has 100 valence electrons. The van der Waals surface area contributed by atoms with Crippen molar-refractivity contribution >= 4 is 35.2 Å². The van der Waals surface area contributed by atoms with Crippen LogP contribution in [0.25, 0.3) is 10.9 Å². The SMILES string of the molecule is COC(=O)/C(=N\O)c1ccc2ccccc2n1.CS. The number of ether oxygens (including phenoxy) is 1. The molecule has 0 unspecified atom stereocenters. The lowest BCUT2D eigenvalue weighted by Crippen LogP contribution is -2.18. The van der Waals surface area contributed by atoms with E-state index in [1.165, 1.54) is 7.11 Å². The number of benzene rings is 1. The van der Waals surface area contributed by atoms with E-state index >= 15 is 0 Å². The van der Waals surface area contributed by atoms with Gasteiger partial charge in [0.05, 0.1) is 12.6 Å². The molecule has 0 radical (unpaired) electrons. The summed E-state index contributed by atoms with van der Waals surface area (Å²) in [6.07, 6.45) is 1.69. The quantitative estimate of drug-likeness (QED) is 0.290. The minimum absolute atomic E-state index is 0.210. The van der Waals surface area contributed by atoms with Crippen molar-refractivity contribution in [1.29, 1.82) is 0 Å². The van der Waals surface area contributed by atoms with E-state index in [1.807, 2.05) is 24.3 Å². The Morgan fingerprint density at radius 3 is 2.58 bits per heavy atom. The largest absolute Gasteiger partial charge is 0.464 e. The van der Waals surface area contributed by atoms with Crippen molar-refractivity contribution in [3.63, 3.8) is 0 Å². The molecule has 0 saturated carbocycles. The van der Waals surface area contributed by atoms with Gasteiger partial charge in [0.25, 0.3) is 0 Å². The Hall–Kier alpha value is -2.08. The zero-order chi connectivity index (χ0) is 14.3. The van der Waals surface area contributed by atoms with Gasteiger partial charge in [-0.25, -0.2) is 9.78 Å². The number of hydrogen-bond donors (Lipinski definition) is 2. The summed E-state index contributed by atoms with van der Waals surface area (Å²) in [5.41, 5.74) is 0.784. The van der Waals surface area contributed by atoms with Crippen LogP contribution in [0, 0.1) is 0 Å². The fourth-order valence-corrected chi connectivity index (χ4v) is 1.49. The number of carbonyl (C=O) groups is 1. The third kappa shape index (κ3) is 3.45. The highest BCUT2D eigenvalue weighted by Gasteiger charge is 2.16. The summed E-state index contributed by atoms with van der Waals surface area (Å²) in [7, 11) is 1.22. The van der Waals surface area contributed by atoms with Crippen molar-refractivity contribution in [3.05, 3.63) is 42.1 Å². The van der Waals surface area contributed by atoms with Crippen molar-refractivity contribution < 1.29 is 14.7 Å². The fourth-order valence-electron chi connectivity index (χ4n) is 1.49. The smallest absolute Gasteiger partial charge is 0.362 e. The van der Waals surface area contributed by atoms with Crippen LogP contribution in [0.5, 0.6) is 0 Å². The van der Waals surface area contributed by atoms with Gasteiger partial charge in [-0.05, 0) is 18.4 Å². The topological polar surface area (TPSA) is 71.8 Å². The van der Waals surface area contributed by atoms with E-state index < -0.39 is 5.97 Å². The molecule has 0 bridgehead atoms. The first kappa shape index (κ1) is 15.0. The van der Waals surface area contributed by atoms with Crippen molar-refractivity contribution in [2.45, 2.75) is 0 Å². The highest BCUT2D eigenvalue weighted by Crippen LogP contribution is 2.12. The lowest BCUT2D eigenvalue weighted by molar-refractivity contribution is -0.132.